The maximum absolute atomic E-state index is 14.3. The molecule has 1 saturated heterocycles. The van der Waals surface area contributed by atoms with Crippen LogP contribution in [0.5, 0.6) is 5.75 Å². The number of likely N-dealkylation sites (tertiary alicyclic amines) is 1. The first-order valence-electron chi connectivity index (χ1n) is 11.2. The van der Waals surface area contributed by atoms with Crippen LogP contribution in [0.1, 0.15) is 34.3 Å². The number of piperidine rings is 1. The van der Waals surface area contributed by atoms with Gasteiger partial charge >= 0.3 is 6.18 Å². The number of amides is 3. The van der Waals surface area contributed by atoms with Gasteiger partial charge in [-0.25, -0.2) is 4.39 Å². The van der Waals surface area contributed by atoms with E-state index in [0.29, 0.717) is 12.1 Å². The lowest BCUT2D eigenvalue weighted by Crippen LogP contribution is -2.53. The van der Waals surface area contributed by atoms with Crippen molar-refractivity contribution in [2.75, 3.05) is 26.2 Å². The van der Waals surface area contributed by atoms with Crippen molar-refractivity contribution in [3.05, 3.63) is 63.9 Å². The fourth-order valence-corrected chi connectivity index (χ4v) is 4.23. The van der Waals surface area contributed by atoms with Gasteiger partial charge in [-0.2, -0.15) is 13.2 Å². The molecule has 1 aliphatic heterocycles. The number of nitrogens with two attached hydrogens (primary N) is 2. The Kier molecular flexibility index (Phi) is 8.64. The van der Waals surface area contributed by atoms with Gasteiger partial charge in [-0.15, -0.1) is 0 Å². The highest BCUT2D eigenvalue weighted by atomic mass is 35.5. The number of ether oxygens (including phenoxy) is 1. The molecule has 3 rings (SSSR count). The van der Waals surface area contributed by atoms with Crippen LogP contribution < -0.4 is 21.5 Å². The van der Waals surface area contributed by atoms with Crippen LogP contribution in [-0.2, 0) is 22.3 Å². The Morgan fingerprint density at radius 1 is 1.14 bits per heavy atom. The van der Waals surface area contributed by atoms with E-state index in [1.807, 2.05) is 0 Å². The third-order valence-corrected chi connectivity index (χ3v) is 6.57. The van der Waals surface area contributed by atoms with Crippen LogP contribution in [0, 0.1) is 11.2 Å². The van der Waals surface area contributed by atoms with Gasteiger partial charge in [-0.1, -0.05) is 23.7 Å². The second-order valence-electron chi connectivity index (χ2n) is 8.62. The summed E-state index contributed by atoms with van der Waals surface area (Å²) in [6.45, 7) is -0.610. The number of benzene rings is 2. The van der Waals surface area contributed by atoms with Crippen LogP contribution in [0.2, 0.25) is 5.02 Å². The molecular weight excluding hydrogens is 520 g/mol. The molecule has 200 valence electrons. The Hall–Kier alpha value is -3.38. The van der Waals surface area contributed by atoms with Crippen LogP contribution in [0.25, 0.3) is 0 Å². The molecule has 0 aromatic heterocycles. The fraction of sp³-hybridized carbons (Fsp3) is 0.375. The van der Waals surface area contributed by atoms with E-state index in [-0.39, 0.29) is 61.1 Å². The van der Waals surface area contributed by atoms with Crippen LogP contribution in [0.3, 0.4) is 0 Å². The summed E-state index contributed by atoms with van der Waals surface area (Å²) < 4.78 is 59.7. The maximum atomic E-state index is 14.3. The highest BCUT2D eigenvalue weighted by molar-refractivity contribution is 6.30. The minimum Gasteiger partial charge on any atom is -0.492 e. The molecule has 8 nitrogen and oxygen atoms in total. The van der Waals surface area contributed by atoms with Crippen molar-refractivity contribution in [1.29, 1.82) is 0 Å². The van der Waals surface area contributed by atoms with Gasteiger partial charge < -0.3 is 26.4 Å². The maximum Gasteiger partial charge on any atom is 0.416 e. The summed E-state index contributed by atoms with van der Waals surface area (Å²) in [5, 5.41) is 2.50. The SMILES string of the molecule is NCC(=O)N1CCC(COc2cc(C(F)(F)F)ccc2C(N)=O)(C(=O)NCc2cccc(Cl)c2F)CC1. The summed E-state index contributed by atoms with van der Waals surface area (Å²) in [6, 6.07) is 6.55. The first-order chi connectivity index (χ1) is 17.4. The van der Waals surface area contributed by atoms with Gasteiger partial charge in [0, 0.05) is 25.2 Å². The minimum absolute atomic E-state index is 0.0769. The Labute approximate surface area is 214 Å². The summed E-state index contributed by atoms with van der Waals surface area (Å²) >= 11 is 5.79. The predicted molar refractivity (Wildman–Crippen MR) is 126 cm³/mol. The molecule has 1 aliphatic rings. The van der Waals surface area contributed by atoms with Crippen molar-refractivity contribution in [2.45, 2.75) is 25.6 Å². The van der Waals surface area contributed by atoms with Gasteiger partial charge in [0.05, 0.1) is 28.1 Å². The van der Waals surface area contributed by atoms with E-state index in [9.17, 15) is 31.9 Å². The average molecular weight is 545 g/mol. The molecule has 1 fully saturated rings. The number of halogens is 5. The smallest absolute Gasteiger partial charge is 0.416 e. The van der Waals surface area contributed by atoms with E-state index in [4.69, 9.17) is 27.8 Å². The Balaban J connectivity index is 1.86. The highest BCUT2D eigenvalue weighted by Gasteiger charge is 2.43. The summed E-state index contributed by atoms with van der Waals surface area (Å²) in [5.41, 5.74) is 8.17. The van der Waals surface area contributed by atoms with Crippen LogP contribution in [0.15, 0.2) is 36.4 Å². The summed E-state index contributed by atoms with van der Waals surface area (Å²) in [4.78, 5) is 38.6. The van der Waals surface area contributed by atoms with Gasteiger partial charge in [0.25, 0.3) is 5.91 Å². The molecule has 0 unspecified atom stereocenters. The molecule has 1 heterocycles. The predicted octanol–water partition coefficient (Wildman–Crippen LogP) is 2.86. The number of primary amides is 1. The van der Waals surface area contributed by atoms with E-state index in [1.165, 1.54) is 23.1 Å². The first kappa shape index (κ1) is 28.2. The third kappa shape index (κ3) is 6.50. The van der Waals surface area contributed by atoms with Gasteiger partial charge in [-0.05, 0) is 37.1 Å². The molecular formula is C24H25ClF4N4O4. The lowest BCUT2D eigenvalue weighted by molar-refractivity contribution is -0.142. The lowest BCUT2D eigenvalue weighted by Gasteiger charge is -2.40. The second-order valence-corrected chi connectivity index (χ2v) is 9.03. The monoisotopic (exact) mass is 544 g/mol. The number of nitrogens with one attached hydrogen (secondary N) is 1. The Bertz CT molecular complexity index is 1180. The molecule has 0 saturated carbocycles. The van der Waals surface area contributed by atoms with Crippen molar-refractivity contribution in [3.8, 4) is 5.75 Å². The van der Waals surface area contributed by atoms with Crippen molar-refractivity contribution >= 4 is 29.3 Å². The van der Waals surface area contributed by atoms with Crippen molar-refractivity contribution in [3.63, 3.8) is 0 Å². The van der Waals surface area contributed by atoms with Crippen LogP contribution in [0.4, 0.5) is 17.6 Å². The number of hydrogen-bond donors (Lipinski definition) is 3. The van der Waals surface area contributed by atoms with Crippen molar-refractivity contribution in [2.24, 2.45) is 16.9 Å². The molecule has 0 spiro atoms. The topological polar surface area (TPSA) is 128 Å². The minimum atomic E-state index is -4.71. The van der Waals surface area contributed by atoms with Crippen LogP contribution >= 0.6 is 11.6 Å². The number of alkyl halides is 3. The molecule has 0 atom stereocenters. The molecule has 0 aliphatic carbocycles. The van der Waals surface area contributed by atoms with E-state index < -0.39 is 47.1 Å². The number of rotatable bonds is 8. The molecule has 5 N–H and O–H groups in total. The first-order valence-corrected chi connectivity index (χ1v) is 11.6. The molecule has 13 heteroatoms. The fourth-order valence-electron chi connectivity index (χ4n) is 4.04. The zero-order valence-electron chi connectivity index (χ0n) is 19.5. The standard InChI is InChI=1S/C24H25ClF4N4O4/c25-17-3-1-2-14(20(17)26)12-32-22(36)23(6-8-33(9-7-23)19(34)11-30)13-37-18-10-15(24(27,28)29)4-5-16(18)21(31)35/h1-5,10H,6-9,11-13,30H2,(H2,31,35)(H,32,36). The van der Waals surface area contributed by atoms with E-state index >= 15 is 0 Å². The Morgan fingerprint density at radius 2 is 1.81 bits per heavy atom. The second kappa shape index (κ2) is 11.3. The van der Waals surface area contributed by atoms with Gasteiger partial charge in [0.15, 0.2) is 0 Å². The van der Waals surface area contributed by atoms with Gasteiger partial charge in [0.1, 0.15) is 18.2 Å². The van der Waals surface area contributed by atoms with Gasteiger partial charge in [-0.3, -0.25) is 14.4 Å². The molecule has 0 bridgehead atoms. The summed E-state index contributed by atoms with van der Waals surface area (Å²) in [5.74, 6) is -3.05. The van der Waals surface area contributed by atoms with E-state index in [0.717, 1.165) is 6.07 Å². The molecule has 37 heavy (non-hydrogen) atoms. The molecule has 2 aromatic carbocycles. The average Bonchev–Trinajstić information content (AvgIpc) is 2.87. The number of carbonyl (C=O) groups is 3. The van der Waals surface area contributed by atoms with E-state index in [2.05, 4.69) is 5.32 Å². The largest absolute Gasteiger partial charge is 0.492 e. The zero-order valence-corrected chi connectivity index (χ0v) is 20.3. The highest BCUT2D eigenvalue weighted by Crippen LogP contribution is 2.36. The normalized spacial score (nSPS) is 15.2. The quantitative estimate of drug-likeness (QED) is 0.440. The summed E-state index contributed by atoms with van der Waals surface area (Å²) in [6.07, 6.45) is -4.56. The third-order valence-electron chi connectivity index (χ3n) is 6.28. The molecule has 0 radical (unpaired) electrons. The molecule has 3 amide bonds. The van der Waals surface area contributed by atoms with E-state index in [1.54, 1.807) is 0 Å². The number of nitrogens with zero attached hydrogens (tertiary/aromatic N) is 1. The van der Waals surface area contributed by atoms with Crippen molar-refractivity contribution < 1.29 is 36.7 Å². The summed E-state index contributed by atoms with van der Waals surface area (Å²) in [7, 11) is 0. The van der Waals surface area contributed by atoms with Gasteiger partial charge in [0.2, 0.25) is 11.8 Å². The number of hydrogen-bond acceptors (Lipinski definition) is 5. The Morgan fingerprint density at radius 3 is 2.41 bits per heavy atom. The van der Waals surface area contributed by atoms with Crippen molar-refractivity contribution in [1.82, 2.24) is 10.2 Å². The zero-order chi connectivity index (χ0) is 27.4. The lowest BCUT2D eigenvalue weighted by atomic mass is 9.78. The molecule has 2 aromatic rings. The van der Waals surface area contributed by atoms with Crippen LogP contribution in [-0.4, -0.2) is 48.9 Å². The number of carbonyl (C=O) groups excluding carboxylic acids is 3.